The molecule has 0 aromatic carbocycles. The molecule has 0 spiro atoms. The predicted octanol–water partition coefficient (Wildman–Crippen LogP) is 0.477. The van der Waals surface area contributed by atoms with Crippen LogP contribution in [0.1, 0.15) is 0 Å². The van der Waals surface area contributed by atoms with Crippen molar-refractivity contribution in [2.24, 2.45) is 0 Å². The zero-order chi connectivity index (χ0) is 11.5. The van der Waals surface area contributed by atoms with Gasteiger partial charge >= 0.3 is 7.12 Å². The second kappa shape index (κ2) is 4.61. The molecule has 2 N–H and O–H groups in total. The Labute approximate surface area is 97.7 Å². The van der Waals surface area contributed by atoms with Gasteiger partial charge in [-0.05, 0) is 29.3 Å². The molecule has 0 fully saturated rings. The van der Waals surface area contributed by atoms with Gasteiger partial charge in [0.2, 0.25) is 0 Å². The highest BCUT2D eigenvalue weighted by Gasteiger charge is 2.16. The summed E-state index contributed by atoms with van der Waals surface area (Å²) in [5.74, 6) is 0. The molecule has 0 aliphatic carbocycles. The minimum absolute atomic E-state index is 0.339. The molecule has 0 unspecified atom stereocenters. The van der Waals surface area contributed by atoms with Gasteiger partial charge in [-0.25, -0.2) is 4.98 Å². The van der Waals surface area contributed by atoms with Gasteiger partial charge in [-0.2, -0.15) is 0 Å². The molecule has 0 aliphatic heterocycles. The summed E-state index contributed by atoms with van der Waals surface area (Å²) in [6.07, 6.45) is 4.56. The van der Waals surface area contributed by atoms with E-state index in [9.17, 15) is 10.0 Å². The summed E-state index contributed by atoms with van der Waals surface area (Å²) >= 11 is 5.68. The topological polar surface area (TPSA) is 66.2 Å². The van der Waals surface area contributed by atoms with Crippen molar-refractivity contribution in [1.82, 2.24) is 9.97 Å². The van der Waals surface area contributed by atoms with E-state index >= 15 is 0 Å². The molecule has 2 rings (SSSR count). The van der Waals surface area contributed by atoms with Gasteiger partial charge in [-0.1, -0.05) is 11.6 Å². The minimum atomic E-state index is -1.56. The van der Waals surface area contributed by atoms with Gasteiger partial charge in [-0.15, -0.1) is 0 Å². The van der Waals surface area contributed by atoms with Crippen molar-refractivity contribution >= 4 is 24.2 Å². The number of halogens is 1. The first kappa shape index (κ1) is 11.1. The van der Waals surface area contributed by atoms with Crippen molar-refractivity contribution in [2.75, 3.05) is 0 Å². The maximum Gasteiger partial charge on any atom is 0.490 e. The van der Waals surface area contributed by atoms with E-state index in [0.29, 0.717) is 16.2 Å². The lowest BCUT2D eigenvalue weighted by Crippen LogP contribution is -2.31. The fraction of sp³-hybridized carbons (Fsp3) is 0. The van der Waals surface area contributed by atoms with Crippen LogP contribution in [0.25, 0.3) is 11.1 Å². The molecule has 0 radical (unpaired) electrons. The van der Waals surface area contributed by atoms with E-state index in [1.54, 1.807) is 30.6 Å². The number of hydrogen-bond acceptors (Lipinski definition) is 4. The zero-order valence-electron chi connectivity index (χ0n) is 8.21. The van der Waals surface area contributed by atoms with Crippen LogP contribution in [0.2, 0.25) is 5.15 Å². The maximum atomic E-state index is 9.19. The van der Waals surface area contributed by atoms with Crippen molar-refractivity contribution < 1.29 is 10.0 Å². The quantitative estimate of drug-likeness (QED) is 0.586. The van der Waals surface area contributed by atoms with Crippen LogP contribution < -0.4 is 5.46 Å². The number of aromatic nitrogens is 2. The van der Waals surface area contributed by atoms with Crippen LogP contribution in [0.15, 0.2) is 36.8 Å². The molecule has 2 aromatic rings. The Bertz CT molecular complexity index is 490. The fourth-order valence-corrected chi connectivity index (χ4v) is 1.52. The van der Waals surface area contributed by atoms with Crippen LogP contribution in [0, 0.1) is 0 Å². The molecule has 2 aromatic heterocycles. The summed E-state index contributed by atoms with van der Waals surface area (Å²) in [7, 11) is -1.56. The number of nitrogens with zero attached hydrogens (tertiary/aromatic N) is 2. The molecule has 0 aliphatic rings. The van der Waals surface area contributed by atoms with E-state index in [0.717, 1.165) is 5.56 Å². The summed E-state index contributed by atoms with van der Waals surface area (Å²) in [4.78, 5) is 7.78. The molecule has 16 heavy (non-hydrogen) atoms. The molecule has 0 saturated carbocycles. The fourth-order valence-electron chi connectivity index (χ4n) is 1.41. The van der Waals surface area contributed by atoms with Crippen molar-refractivity contribution in [3.05, 3.63) is 41.9 Å². The Morgan fingerprint density at radius 2 is 1.94 bits per heavy atom. The minimum Gasteiger partial charge on any atom is -0.423 e. The highest BCUT2D eigenvalue weighted by molar-refractivity contribution is 6.60. The summed E-state index contributed by atoms with van der Waals surface area (Å²) < 4.78 is 0. The first-order valence-electron chi connectivity index (χ1n) is 4.60. The average Bonchev–Trinajstić information content (AvgIpc) is 2.30. The van der Waals surface area contributed by atoms with Crippen molar-refractivity contribution in [3.8, 4) is 11.1 Å². The van der Waals surface area contributed by atoms with Crippen LogP contribution in [-0.4, -0.2) is 27.1 Å². The normalized spacial score (nSPS) is 10.2. The van der Waals surface area contributed by atoms with Crippen molar-refractivity contribution in [2.45, 2.75) is 0 Å². The van der Waals surface area contributed by atoms with Crippen LogP contribution in [0.3, 0.4) is 0 Å². The lowest BCUT2D eigenvalue weighted by Gasteiger charge is -2.07. The van der Waals surface area contributed by atoms with Gasteiger partial charge in [0.1, 0.15) is 5.15 Å². The highest BCUT2D eigenvalue weighted by atomic mass is 35.5. The molecule has 2 heterocycles. The molecule has 80 valence electrons. The molecule has 0 atom stereocenters. The van der Waals surface area contributed by atoms with Gasteiger partial charge in [0.15, 0.2) is 0 Å². The van der Waals surface area contributed by atoms with E-state index in [2.05, 4.69) is 9.97 Å². The number of hydrogen-bond donors (Lipinski definition) is 2. The molecule has 0 amide bonds. The zero-order valence-corrected chi connectivity index (χ0v) is 8.96. The van der Waals surface area contributed by atoms with Gasteiger partial charge in [-0.3, -0.25) is 4.98 Å². The lowest BCUT2D eigenvalue weighted by molar-refractivity contribution is 0.426. The summed E-state index contributed by atoms with van der Waals surface area (Å²) in [5, 5.41) is 18.8. The molecule has 0 bridgehead atoms. The lowest BCUT2D eigenvalue weighted by atomic mass is 9.77. The van der Waals surface area contributed by atoms with E-state index in [4.69, 9.17) is 11.6 Å². The van der Waals surface area contributed by atoms with E-state index in [1.807, 2.05) is 0 Å². The summed E-state index contributed by atoms with van der Waals surface area (Å²) in [6, 6.07) is 5.10. The first-order valence-corrected chi connectivity index (χ1v) is 4.98. The second-order valence-corrected chi connectivity index (χ2v) is 3.59. The third-order valence-electron chi connectivity index (χ3n) is 2.17. The van der Waals surface area contributed by atoms with Crippen molar-refractivity contribution in [1.29, 1.82) is 0 Å². The molecular formula is C10H8BClN2O2. The molecule has 4 nitrogen and oxygen atoms in total. The third-order valence-corrected chi connectivity index (χ3v) is 2.39. The monoisotopic (exact) mass is 234 g/mol. The number of pyridine rings is 2. The second-order valence-electron chi connectivity index (χ2n) is 3.21. The van der Waals surface area contributed by atoms with Crippen LogP contribution in [-0.2, 0) is 0 Å². The van der Waals surface area contributed by atoms with E-state index < -0.39 is 7.12 Å². The van der Waals surface area contributed by atoms with Gasteiger partial charge < -0.3 is 10.0 Å². The SMILES string of the molecule is OB(O)c1cnccc1-c1ccc(Cl)nc1. The van der Waals surface area contributed by atoms with Gasteiger partial charge in [0, 0.05) is 24.1 Å². The van der Waals surface area contributed by atoms with Gasteiger partial charge in [0.25, 0.3) is 0 Å². The van der Waals surface area contributed by atoms with Crippen LogP contribution in [0.5, 0.6) is 0 Å². The average molecular weight is 234 g/mol. The van der Waals surface area contributed by atoms with Crippen molar-refractivity contribution in [3.63, 3.8) is 0 Å². The predicted molar refractivity (Wildman–Crippen MR) is 62.3 cm³/mol. The highest BCUT2D eigenvalue weighted by Crippen LogP contribution is 2.17. The largest absolute Gasteiger partial charge is 0.490 e. The Morgan fingerprint density at radius 3 is 2.56 bits per heavy atom. The third kappa shape index (κ3) is 2.22. The Kier molecular flexibility index (Phi) is 3.19. The smallest absolute Gasteiger partial charge is 0.423 e. The van der Waals surface area contributed by atoms with Crippen LogP contribution >= 0.6 is 11.6 Å². The molecule has 0 saturated heterocycles. The van der Waals surface area contributed by atoms with E-state index in [1.165, 1.54) is 6.20 Å². The van der Waals surface area contributed by atoms with Crippen LogP contribution in [0.4, 0.5) is 0 Å². The Hall–Kier alpha value is -1.43. The molecular weight excluding hydrogens is 226 g/mol. The summed E-state index contributed by atoms with van der Waals surface area (Å²) in [6.45, 7) is 0. The first-order chi connectivity index (χ1) is 7.68. The maximum absolute atomic E-state index is 9.19. The van der Waals surface area contributed by atoms with Gasteiger partial charge in [0.05, 0.1) is 0 Å². The number of rotatable bonds is 2. The Balaban J connectivity index is 2.51. The Morgan fingerprint density at radius 1 is 1.12 bits per heavy atom. The molecule has 6 heteroatoms. The summed E-state index contributed by atoms with van der Waals surface area (Å²) in [5.41, 5.74) is 1.77. The van der Waals surface area contributed by atoms with E-state index in [-0.39, 0.29) is 0 Å². The standard InChI is InChI=1S/C10H8BClN2O2/c12-10-2-1-7(5-14-10)8-3-4-13-6-9(8)11(15)16/h1-6,15-16H.